The van der Waals surface area contributed by atoms with Crippen LogP contribution in [0.4, 0.5) is 0 Å². The molecular weight excluding hydrogens is 527 g/mol. The standard InChI is InChI=1S/C31H37N3OS3/c1-4-7-12-23(6-3)21-33-30(35)28(38-31(33)36)20-25-22-34(26-13-10-9-11-14-26)32-29(25)24-15-17-27(18-16-24)37-19-8-5-2/h9-11,13-18,20,22-23H,4-8,12,19,21H2,1-3H3/b28-20-. The van der Waals surface area contributed by atoms with E-state index in [1.165, 1.54) is 42.3 Å². The fraction of sp³-hybridized carbons (Fsp3) is 0.387. The van der Waals surface area contributed by atoms with Crippen LogP contribution in [0, 0.1) is 5.92 Å². The highest BCUT2D eigenvalue weighted by atomic mass is 32.2. The van der Waals surface area contributed by atoms with Crippen LogP contribution < -0.4 is 0 Å². The Morgan fingerprint density at radius 2 is 1.76 bits per heavy atom. The van der Waals surface area contributed by atoms with Crippen LogP contribution in [-0.4, -0.2) is 37.2 Å². The normalized spacial score (nSPS) is 15.6. The van der Waals surface area contributed by atoms with E-state index in [9.17, 15) is 4.79 Å². The number of benzene rings is 2. The van der Waals surface area contributed by atoms with Crippen LogP contribution in [0.3, 0.4) is 0 Å². The molecule has 0 N–H and O–H groups in total. The van der Waals surface area contributed by atoms with Crippen molar-refractivity contribution in [2.45, 2.75) is 64.2 Å². The summed E-state index contributed by atoms with van der Waals surface area (Å²) in [6.45, 7) is 7.33. The van der Waals surface area contributed by atoms with E-state index in [-0.39, 0.29) is 5.91 Å². The van der Waals surface area contributed by atoms with Gasteiger partial charge in [-0.2, -0.15) is 5.10 Å². The summed E-state index contributed by atoms with van der Waals surface area (Å²) < 4.78 is 2.55. The van der Waals surface area contributed by atoms with Crippen molar-refractivity contribution in [3.63, 3.8) is 0 Å². The molecule has 38 heavy (non-hydrogen) atoms. The van der Waals surface area contributed by atoms with Gasteiger partial charge in [-0.25, -0.2) is 4.68 Å². The number of nitrogens with zero attached hydrogens (tertiary/aromatic N) is 3. The molecule has 1 aliphatic heterocycles. The second-order valence-electron chi connectivity index (χ2n) is 9.65. The van der Waals surface area contributed by atoms with Gasteiger partial charge in [0.1, 0.15) is 4.32 Å². The summed E-state index contributed by atoms with van der Waals surface area (Å²) in [6, 6.07) is 18.7. The van der Waals surface area contributed by atoms with E-state index in [1.54, 1.807) is 4.90 Å². The molecule has 0 aliphatic carbocycles. The quantitative estimate of drug-likeness (QED) is 0.0899. The highest BCUT2D eigenvalue weighted by Crippen LogP contribution is 2.36. The van der Waals surface area contributed by atoms with E-state index < -0.39 is 0 Å². The van der Waals surface area contributed by atoms with Crippen molar-refractivity contribution in [1.29, 1.82) is 0 Å². The van der Waals surface area contributed by atoms with E-state index in [2.05, 4.69) is 45.0 Å². The minimum atomic E-state index is 0.0102. The average molecular weight is 564 g/mol. The predicted molar refractivity (Wildman–Crippen MR) is 168 cm³/mol. The van der Waals surface area contributed by atoms with Crippen molar-refractivity contribution in [3.05, 3.63) is 71.3 Å². The number of aromatic nitrogens is 2. The van der Waals surface area contributed by atoms with E-state index in [1.807, 2.05) is 59.0 Å². The van der Waals surface area contributed by atoms with Gasteiger partial charge in [-0.3, -0.25) is 9.69 Å². The molecule has 1 fully saturated rings. The van der Waals surface area contributed by atoms with Gasteiger partial charge in [-0.15, -0.1) is 11.8 Å². The first-order valence-electron chi connectivity index (χ1n) is 13.7. The molecule has 2 aromatic carbocycles. The molecule has 2 heterocycles. The molecule has 3 aromatic rings. The molecule has 0 radical (unpaired) electrons. The number of amides is 1. The first kappa shape index (κ1) is 28.7. The van der Waals surface area contributed by atoms with Crippen molar-refractivity contribution >= 4 is 52.0 Å². The Morgan fingerprint density at radius 3 is 2.45 bits per heavy atom. The monoisotopic (exact) mass is 563 g/mol. The molecule has 1 unspecified atom stereocenters. The third-order valence-corrected chi connectivity index (χ3v) is 9.28. The Labute approximate surface area is 241 Å². The molecule has 0 spiro atoms. The molecule has 0 bridgehead atoms. The second kappa shape index (κ2) is 14.2. The number of hydrogen-bond acceptors (Lipinski definition) is 5. The lowest BCUT2D eigenvalue weighted by Crippen LogP contribution is -2.33. The van der Waals surface area contributed by atoms with Gasteiger partial charge in [0, 0.05) is 28.8 Å². The number of carbonyl (C=O) groups excluding carboxylic acids is 1. The van der Waals surface area contributed by atoms with Gasteiger partial charge in [0.15, 0.2) is 0 Å². The highest BCUT2D eigenvalue weighted by molar-refractivity contribution is 8.26. The van der Waals surface area contributed by atoms with Crippen LogP contribution >= 0.6 is 35.7 Å². The lowest BCUT2D eigenvalue weighted by atomic mass is 9.99. The minimum Gasteiger partial charge on any atom is -0.293 e. The number of unbranched alkanes of at least 4 members (excludes halogenated alkanes) is 2. The summed E-state index contributed by atoms with van der Waals surface area (Å²) in [6.07, 6.45) is 10.9. The van der Waals surface area contributed by atoms with Crippen molar-refractivity contribution in [1.82, 2.24) is 14.7 Å². The van der Waals surface area contributed by atoms with Crippen LogP contribution in [0.25, 0.3) is 23.0 Å². The van der Waals surface area contributed by atoms with Gasteiger partial charge in [0.25, 0.3) is 5.91 Å². The minimum absolute atomic E-state index is 0.0102. The van der Waals surface area contributed by atoms with Crippen LogP contribution in [0.1, 0.15) is 64.9 Å². The number of para-hydroxylation sites is 1. The van der Waals surface area contributed by atoms with Crippen LogP contribution in [0.5, 0.6) is 0 Å². The van der Waals surface area contributed by atoms with Crippen molar-refractivity contribution < 1.29 is 4.79 Å². The Balaban J connectivity index is 1.63. The lowest BCUT2D eigenvalue weighted by Gasteiger charge is -2.21. The maximum Gasteiger partial charge on any atom is 0.266 e. The molecule has 4 nitrogen and oxygen atoms in total. The molecule has 200 valence electrons. The fourth-order valence-corrected chi connectivity index (χ4v) is 6.71. The van der Waals surface area contributed by atoms with Gasteiger partial charge in [0.2, 0.25) is 0 Å². The molecular formula is C31H37N3OS3. The zero-order chi connectivity index (χ0) is 26.9. The zero-order valence-corrected chi connectivity index (χ0v) is 25.0. The second-order valence-corrected chi connectivity index (χ2v) is 12.5. The summed E-state index contributed by atoms with van der Waals surface area (Å²) in [7, 11) is 0. The molecule has 1 aromatic heterocycles. The first-order chi connectivity index (χ1) is 18.5. The SMILES string of the molecule is CCCCSc1ccc(-c2nn(-c3ccccc3)cc2/C=C2\SC(=S)N(CC(CC)CCCC)C2=O)cc1. The van der Waals surface area contributed by atoms with Gasteiger partial charge in [0.05, 0.1) is 16.3 Å². The maximum atomic E-state index is 13.5. The van der Waals surface area contributed by atoms with Gasteiger partial charge < -0.3 is 0 Å². The number of thiocarbonyl (C=S) groups is 1. The van der Waals surface area contributed by atoms with Crippen molar-refractivity contribution in [3.8, 4) is 16.9 Å². The Kier molecular flexibility index (Phi) is 10.7. The van der Waals surface area contributed by atoms with Crippen LogP contribution in [0.15, 0.2) is 70.6 Å². The van der Waals surface area contributed by atoms with E-state index >= 15 is 0 Å². The van der Waals surface area contributed by atoms with E-state index in [0.717, 1.165) is 41.1 Å². The average Bonchev–Trinajstić information content (AvgIpc) is 3.48. The summed E-state index contributed by atoms with van der Waals surface area (Å²) in [5.74, 6) is 1.61. The van der Waals surface area contributed by atoms with Crippen LogP contribution in [0.2, 0.25) is 0 Å². The van der Waals surface area contributed by atoms with Crippen LogP contribution in [-0.2, 0) is 4.79 Å². The summed E-state index contributed by atoms with van der Waals surface area (Å²) >= 11 is 8.95. The molecule has 4 rings (SSSR count). The molecule has 1 saturated heterocycles. The molecule has 7 heteroatoms. The predicted octanol–water partition coefficient (Wildman–Crippen LogP) is 8.85. The number of hydrogen-bond donors (Lipinski definition) is 0. The lowest BCUT2D eigenvalue weighted by molar-refractivity contribution is -0.122. The summed E-state index contributed by atoms with van der Waals surface area (Å²) in [5.41, 5.74) is 3.79. The van der Waals surface area contributed by atoms with Crippen molar-refractivity contribution in [2.75, 3.05) is 12.3 Å². The van der Waals surface area contributed by atoms with E-state index in [4.69, 9.17) is 17.3 Å². The topological polar surface area (TPSA) is 38.1 Å². The fourth-order valence-electron chi connectivity index (χ4n) is 4.45. The Hall–Kier alpha value is -2.35. The summed E-state index contributed by atoms with van der Waals surface area (Å²) in [4.78, 5) is 17.2. The zero-order valence-electron chi connectivity index (χ0n) is 22.6. The molecule has 1 aliphatic rings. The van der Waals surface area contributed by atoms with Gasteiger partial charge >= 0.3 is 0 Å². The molecule has 1 atom stereocenters. The third-order valence-electron chi connectivity index (χ3n) is 6.80. The Morgan fingerprint density at radius 1 is 1.03 bits per heavy atom. The third kappa shape index (κ3) is 7.19. The molecule has 1 amide bonds. The number of rotatable bonds is 13. The van der Waals surface area contributed by atoms with Gasteiger partial charge in [-0.1, -0.05) is 101 Å². The smallest absolute Gasteiger partial charge is 0.266 e. The largest absolute Gasteiger partial charge is 0.293 e. The number of carbonyl (C=O) groups is 1. The van der Waals surface area contributed by atoms with Gasteiger partial charge in [-0.05, 0) is 54.9 Å². The Bertz CT molecular complexity index is 1250. The summed E-state index contributed by atoms with van der Waals surface area (Å²) in [5, 5.41) is 4.95. The van der Waals surface area contributed by atoms with Crippen molar-refractivity contribution in [2.24, 2.45) is 5.92 Å². The maximum absolute atomic E-state index is 13.5. The van der Waals surface area contributed by atoms with E-state index in [0.29, 0.717) is 21.7 Å². The molecule has 0 saturated carbocycles. The highest BCUT2D eigenvalue weighted by Gasteiger charge is 2.33. The first-order valence-corrected chi connectivity index (χ1v) is 15.9. The number of thioether (sulfide) groups is 2.